The maximum absolute atomic E-state index is 13.6. The summed E-state index contributed by atoms with van der Waals surface area (Å²) in [6.07, 6.45) is 0.893. The normalized spacial score (nSPS) is 13.0. The highest BCUT2D eigenvalue weighted by molar-refractivity contribution is 7.11. The van der Waals surface area contributed by atoms with Crippen LogP contribution in [0, 0.1) is 12.7 Å². The van der Waals surface area contributed by atoms with Gasteiger partial charge in [-0.2, -0.15) is 0 Å². The Morgan fingerprint density at radius 3 is 2.81 bits per heavy atom. The Hall–Kier alpha value is -1.39. The summed E-state index contributed by atoms with van der Waals surface area (Å²) in [7, 11) is 0. The molecular formula is C16H16ClFN2S. The highest BCUT2D eigenvalue weighted by atomic mass is 35.5. The third-order valence-corrected chi connectivity index (χ3v) is 4.84. The number of halogens is 2. The van der Waals surface area contributed by atoms with E-state index in [0.29, 0.717) is 5.88 Å². The summed E-state index contributed by atoms with van der Waals surface area (Å²) in [6, 6.07) is 9.14. The summed E-state index contributed by atoms with van der Waals surface area (Å²) in [5.41, 5.74) is 1.60. The van der Waals surface area contributed by atoms with Crippen LogP contribution in [-0.2, 0) is 12.3 Å². The van der Waals surface area contributed by atoms with Crippen LogP contribution in [0.25, 0.3) is 11.0 Å². The molecule has 1 atom stereocenters. The number of alkyl halides is 1. The molecule has 0 aliphatic rings. The molecule has 1 unspecified atom stereocenters. The maximum Gasteiger partial charge on any atom is 0.125 e. The molecule has 21 heavy (non-hydrogen) atoms. The molecule has 5 heteroatoms. The van der Waals surface area contributed by atoms with Crippen LogP contribution in [-0.4, -0.2) is 9.55 Å². The molecule has 2 nitrogen and oxygen atoms in total. The second-order valence-corrected chi connectivity index (χ2v) is 6.87. The second-order valence-electron chi connectivity index (χ2n) is 5.23. The first kappa shape index (κ1) is 14.5. The minimum atomic E-state index is -0.246. The van der Waals surface area contributed by atoms with Crippen molar-refractivity contribution < 1.29 is 4.39 Å². The summed E-state index contributed by atoms with van der Waals surface area (Å²) in [5, 5.41) is 0. The number of aromatic nitrogens is 2. The monoisotopic (exact) mass is 322 g/mol. The van der Waals surface area contributed by atoms with E-state index in [-0.39, 0.29) is 11.9 Å². The van der Waals surface area contributed by atoms with Crippen molar-refractivity contribution in [1.82, 2.24) is 9.55 Å². The van der Waals surface area contributed by atoms with Crippen molar-refractivity contribution in [3.63, 3.8) is 0 Å². The Kier molecular flexibility index (Phi) is 4.00. The summed E-state index contributed by atoms with van der Waals surface area (Å²) >= 11 is 7.81. The fourth-order valence-corrected chi connectivity index (χ4v) is 3.88. The van der Waals surface area contributed by atoms with Gasteiger partial charge in [0.25, 0.3) is 0 Å². The molecule has 0 bridgehead atoms. The number of hydrogen-bond donors (Lipinski definition) is 0. The average molecular weight is 323 g/mol. The lowest BCUT2D eigenvalue weighted by Gasteiger charge is -2.16. The van der Waals surface area contributed by atoms with Gasteiger partial charge in [0.1, 0.15) is 11.6 Å². The van der Waals surface area contributed by atoms with Gasteiger partial charge in [0.05, 0.1) is 16.9 Å². The highest BCUT2D eigenvalue weighted by Gasteiger charge is 2.16. The number of benzene rings is 1. The van der Waals surface area contributed by atoms with Gasteiger partial charge in [0, 0.05) is 22.2 Å². The van der Waals surface area contributed by atoms with Gasteiger partial charge in [-0.15, -0.1) is 22.9 Å². The summed E-state index contributed by atoms with van der Waals surface area (Å²) in [5.74, 6) is 0.867. The molecule has 0 saturated carbocycles. The minimum absolute atomic E-state index is 0.184. The molecule has 0 fully saturated rings. The first-order valence-electron chi connectivity index (χ1n) is 6.86. The number of aryl methyl sites for hydroxylation is 1. The lowest BCUT2D eigenvalue weighted by Crippen LogP contribution is -2.10. The van der Waals surface area contributed by atoms with Crippen molar-refractivity contribution in [1.29, 1.82) is 0 Å². The summed E-state index contributed by atoms with van der Waals surface area (Å²) in [4.78, 5) is 7.13. The van der Waals surface area contributed by atoms with Gasteiger partial charge in [0.15, 0.2) is 0 Å². The molecule has 0 aliphatic carbocycles. The second kappa shape index (κ2) is 5.78. The van der Waals surface area contributed by atoms with Crippen LogP contribution in [0.2, 0.25) is 0 Å². The lowest BCUT2D eigenvalue weighted by molar-refractivity contribution is 0.545. The van der Waals surface area contributed by atoms with Gasteiger partial charge >= 0.3 is 0 Å². The molecule has 1 aromatic carbocycles. The van der Waals surface area contributed by atoms with Crippen molar-refractivity contribution >= 4 is 34.0 Å². The van der Waals surface area contributed by atoms with E-state index in [0.717, 1.165) is 23.3 Å². The van der Waals surface area contributed by atoms with Gasteiger partial charge in [-0.3, -0.25) is 0 Å². The quantitative estimate of drug-likeness (QED) is 0.612. The SMILES string of the molecule is Cc1ccc(CC(C)n2c(CCl)nc3ccc(F)cc32)s1. The third-order valence-electron chi connectivity index (χ3n) is 3.58. The Morgan fingerprint density at radius 2 is 2.14 bits per heavy atom. The van der Waals surface area contributed by atoms with Crippen molar-refractivity contribution in [2.45, 2.75) is 32.2 Å². The van der Waals surface area contributed by atoms with Gasteiger partial charge in [-0.1, -0.05) is 0 Å². The van der Waals surface area contributed by atoms with Crippen LogP contribution < -0.4 is 0 Å². The lowest BCUT2D eigenvalue weighted by atomic mass is 10.2. The number of nitrogens with zero attached hydrogens (tertiary/aromatic N) is 2. The minimum Gasteiger partial charge on any atom is -0.324 e. The van der Waals surface area contributed by atoms with Crippen LogP contribution in [0.1, 0.15) is 28.5 Å². The van der Waals surface area contributed by atoms with Crippen LogP contribution in [0.3, 0.4) is 0 Å². The number of rotatable bonds is 4. The zero-order chi connectivity index (χ0) is 15.0. The molecule has 2 heterocycles. The van der Waals surface area contributed by atoms with E-state index in [1.165, 1.54) is 21.9 Å². The van der Waals surface area contributed by atoms with E-state index in [2.05, 4.69) is 35.5 Å². The zero-order valence-electron chi connectivity index (χ0n) is 11.9. The molecule has 0 amide bonds. The smallest absolute Gasteiger partial charge is 0.125 e. The number of imidazole rings is 1. The predicted molar refractivity (Wildman–Crippen MR) is 86.7 cm³/mol. The molecule has 3 rings (SSSR count). The molecule has 0 radical (unpaired) electrons. The van der Waals surface area contributed by atoms with Crippen LogP contribution in [0.4, 0.5) is 4.39 Å². The first-order chi connectivity index (χ1) is 10.1. The van der Waals surface area contributed by atoms with E-state index in [1.807, 2.05) is 0 Å². The Morgan fingerprint density at radius 1 is 1.33 bits per heavy atom. The van der Waals surface area contributed by atoms with E-state index in [9.17, 15) is 4.39 Å². The molecule has 2 aromatic heterocycles. The topological polar surface area (TPSA) is 17.8 Å². The third kappa shape index (κ3) is 2.83. The van der Waals surface area contributed by atoms with Gasteiger partial charge in [-0.05, 0) is 44.2 Å². The molecule has 3 aromatic rings. The molecule has 0 spiro atoms. The Labute approximate surface area is 132 Å². The molecule has 110 valence electrons. The van der Waals surface area contributed by atoms with Crippen molar-refractivity contribution in [2.24, 2.45) is 0 Å². The maximum atomic E-state index is 13.6. The number of thiophene rings is 1. The summed E-state index contributed by atoms with van der Waals surface area (Å²) < 4.78 is 15.6. The summed E-state index contributed by atoms with van der Waals surface area (Å²) in [6.45, 7) is 4.22. The van der Waals surface area contributed by atoms with Crippen molar-refractivity contribution in [3.8, 4) is 0 Å². The highest BCUT2D eigenvalue weighted by Crippen LogP contribution is 2.27. The Balaban J connectivity index is 2.02. The van der Waals surface area contributed by atoms with Gasteiger partial charge < -0.3 is 4.57 Å². The molecule has 0 aliphatic heterocycles. The number of hydrogen-bond acceptors (Lipinski definition) is 2. The Bertz CT molecular complexity index is 778. The van der Waals surface area contributed by atoms with Crippen molar-refractivity contribution in [2.75, 3.05) is 0 Å². The largest absolute Gasteiger partial charge is 0.324 e. The molecule has 0 N–H and O–H groups in total. The zero-order valence-corrected chi connectivity index (χ0v) is 13.5. The van der Waals surface area contributed by atoms with E-state index >= 15 is 0 Å². The van der Waals surface area contributed by atoms with E-state index in [4.69, 9.17) is 11.6 Å². The fourth-order valence-electron chi connectivity index (χ4n) is 2.68. The first-order valence-corrected chi connectivity index (χ1v) is 8.21. The van der Waals surface area contributed by atoms with Crippen LogP contribution in [0.5, 0.6) is 0 Å². The predicted octanol–water partition coefficient (Wildman–Crippen LogP) is 5.09. The molecular weight excluding hydrogens is 307 g/mol. The fraction of sp³-hybridized carbons (Fsp3) is 0.312. The van der Waals surface area contributed by atoms with Gasteiger partial charge in [-0.25, -0.2) is 9.37 Å². The van der Waals surface area contributed by atoms with Gasteiger partial charge in [0.2, 0.25) is 0 Å². The number of fused-ring (bicyclic) bond motifs is 1. The van der Waals surface area contributed by atoms with Crippen molar-refractivity contribution in [3.05, 3.63) is 51.7 Å². The van der Waals surface area contributed by atoms with E-state index < -0.39 is 0 Å². The van der Waals surface area contributed by atoms with Crippen LogP contribution in [0.15, 0.2) is 30.3 Å². The average Bonchev–Trinajstić information content (AvgIpc) is 3.01. The van der Waals surface area contributed by atoms with E-state index in [1.54, 1.807) is 17.4 Å². The molecule has 0 saturated heterocycles. The standard InChI is InChI=1S/C16H16ClFN2S/c1-10(7-13-5-3-11(2)21-13)20-15-8-12(18)4-6-14(15)19-16(20)9-17/h3-6,8,10H,7,9H2,1-2H3. The van der Waals surface area contributed by atoms with Crippen LogP contribution >= 0.6 is 22.9 Å².